The third-order valence-electron chi connectivity index (χ3n) is 4.25. The molecule has 0 amide bonds. The molecular formula is C13H24O2. The first-order valence-corrected chi connectivity index (χ1v) is 6.20. The van der Waals surface area contributed by atoms with E-state index in [9.17, 15) is 4.79 Å². The molecule has 15 heavy (non-hydrogen) atoms. The Morgan fingerprint density at radius 1 is 1.33 bits per heavy atom. The quantitative estimate of drug-likeness (QED) is 0.681. The second kappa shape index (κ2) is 5.00. The molecule has 1 saturated carbocycles. The molecule has 0 spiro atoms. The van der Waals surface area contributed by atoms with Gasteiger partial charge in [-0.1, -0.05) is 40.0 Å². The predicted octanol–water partition coefficient (Wildman–Crippen LogP) is 3.70. The summed E-state index contributed by atoms with van der Waals surface area (Å²) in [6.45, 7) is 6.70. The zero-order valence-corrected chi connectivity index (χ0v) is 10.3. The minimum absolute atomic E-state index is 0.256. The number of carbonyl (C=O) groups is 1. The second-order valence-corrected chi connectivity index (χ2v) is 5.54. The summed E-state index contributed by atoms with van der Waals surface area (Å²) in [5.41, 5.74) is 0.256. The molecule has 0 bridgehead atoms. The van der Waals surface area contributed by atoms with Gasteiger partial charge in [0.1, 0.15) is 0 Å². The van der Waals surface area contributed by atoms with Gasteiger partial charge in [0.25, 0.3) is 0 Å². The smallest absolute Gasteiger partial charge is 0.303 e. The van der Waals surface area contributed by atoms with Crippen molar-refractivity contribution in [2.75, 3.05) is 0 Å². The number of aliphatic carboxylic acids is 1. The van der Waals surface area contributed by atoms with E-state index in [2.05, 4.69) is 20.8 Å². The van der Waals surface area contributed by atoms with E-state index in [1.807, 2.05) is 0 Å². The minimum Gasteiger partial charge on any atom is -0.481 e. The number of carboxylic acids is 1. The van der Waals surface area contributed by atoms with Gasteiger partial charge in [0.2, 0.25) is 0 Å². The molecule has 0 aromatic heterocycles. The summed E-state index contributed by atoms with van der Waals surface area (Å²) >= 11 is 0. The largest absolute Gasteiger partial charge is 0.481 e. The Labute approximate surface area is 93.1 Å². The molecule has 2 heteroatoms. The van der Waals surface area contributed by atoms with Crippen LogP contribution in [-0.2, 0) is 4.79 Å². The van der Waals surface area contributed by atoms with Gasteiger partial charge in [-0.15, -0.1) is 0 Å². The van der Waals surface area contributed by atoms with Gasteiger partial charge in [-0.25, -0.2) is 0 Å². The highest BCUT2D eigenvalue weighted by molar-refractivity contribution is 5.67. The minimum atomic E-state index is -0.639. The lowest BCUT2D eigenvalue weighted by Crippen LogP contribution is -2.45. The number of hydrogen-bond acceptors (Lipinski definition) is 1. The zero-order valence-electron chi connectivity index (χ0n) is 10.3. The highest BCUT2D eigenvalue weighted by Crippen LogP contribution is 2.54. The molecule has 0 aromatic rings. The van der Waals surface area contributed by atoms with Gasteiger partial charge in [0.05, 0.1) is 0 Å². The summed E-state index contributed by atoms with van der Waals surface area (Å²) in [7, 11) is 0. The molecule has 2 nitrogen and oxygen atoms in total. The fourth-order valence-corrected chi connectivity index (χ4v) is 2.81. The van der Waals surface area contributed by atoms with Crippen LogP contribution in [0.25, 0.3) is 0 Å². The van der Waals surface area contributed by atoms with E-state index in [1.165, 1.54) is 25.7 Å². The lowest BCUT2D eigenvalue weighted by atomic mass is 9.52. The molecule has 0 radical (unpaired) electrons. The molecule has 1 rings (SSSR count). The number of carboxylic acid groups (broad SMARTS) is 1. The summed E-state index contributed by atoms with van der Waals surface area (Å²) < 4.78 is 0. The Morgan fingerprint density at radius 2 is 2.00 bits per heavy atom. The number of rotatable bonds is 6. The van der Waals surface area contributed by atoms with Crippen LogP contribution in [0.4, 0.5) is 0 Å². The van der Waals surface area contributed by atoms with E-state index in [0.717, 1.165) is 12.3 Å². The van der Waals surface area contributed by atoms with Crippen molar-refractivity contribution >= 4 is 5.97 Å². The summed E-state index contributed by atoms with van der Waals surface area (Å²) in [6, 6.07) is 0. The van der Waals surface area contributed by atoms with E-state index in [-0.39, 0.29) is 5.41 Å². The molecule has 0 aromatic carbocycles. The Balaban J connectivity index is 2.31. The molecular weight excluding hydrogens is 188 g/mol. The van der Waals surface area contributed by atoms with Crippen LogP contribution in [-0.4, -0.2) is 11.1 Å². The molecule has 1 fully saturated rings. The van der Waals surface area contributed by atoms with Crippen molar-refractivity contribution in [1.82, 2.24) is 0 Å². The van der Waals surface area contributed by atoms with Crippen molar-refractivity contribution in [2.24, 2.45) is 17.3 Å². The molecule has 2 atom stereocenters. The monoisotopic (exact) mass is 212 g/mol. The van der Waals surface area contributed by atoms with E-state index in [0.29, 0.717) is 12.3 Å². The van der Waals surface area contributed by atoms with Gasteiger partial charge >= 0.3 is 5.97 Å². The van der Waals surface area contributed by atoms with Crippen LogP contribution >= 0.6 is 0 Å². The van der Waals surface area contributed by atoms with Crippen LogP contribution < -0.4 is 0 Å². The predicted molar refractivity (Wildman–Crippen MR) is 61.8 cm³/mol. The maximum atomic E-state index is 10.7. The van der Waals surface area contributed by atoms with Crippen LogP contribution in [0.2, 0.25) is 0 Å². The fourth-order valence-electron chi connectivity index (χ4n) is 2.81. The highest BCUT2D eigenvalue weighted by Gasteiger charge is 2.47. The summed E-state index contributed by atoms with van der Waals surface area (Å²) in [4.78, 5) is 10.7. The van der Waals surface area contributed by atoms with Gasteiger partial charge < -0.3 is 5.11 Å². The molecule has 0 saturated heterocycles. The molecule has 1 N–H and O–H groups in total. The Bertz CT molecular complexity index is 221. The molecule has 1 aliphatic carbocycles. The summed E-state index contributed by atoms with van der Waals surface area (Å²) in [6.07, 6.45) is 6.67. The van der Waals surface area contributed by atoms with Gasteiger partial charge in [0.15, 0.2) is 0 Å². The van der Waals surface area contributed by atoms with Crippen LogP contribution in [0.3, 0.4) is 0 Å². The zero-order chi connectivity index (χ0) is 11.5. The molecule has 0 heterocycles. The maximum Gasteiger partial charge on any atom is 0.303 e. The number of hydrogen-bond donors (Lipinski definition) is 1. The van der Waals surface area contributed by atoms with E-state index >= 15 is 0 Å². The first kappa shape index (κ1) is 12.5. The fraction of sp³-hybridized carbons (Fsp3) is 0.923. The van der Waals surface area contributed by atoms with Crippen molar-refractivity contribution in [1.29, 1.82) is 0 Å². The lowest BCUT2D eigenvalue weighted by Gasteiger charge is -2.52. The van der Waals surface area contributed by atoms with Crippen molar-refractivity contribution in [3.05, 3.63) is 0 Å². The first-order valence-electron chi connectivity index (χ1n) is 6.20. The van der Waals surface area contributed by atoms with Crippen LogP contribution in [0.1, 0.15) is 59.3 Å². The highest BCUT2D eigenvalue weighted by atomic mass is 16.4. The van der Waals surface area contributed by atoms with Crippen LogP contribution in [0.5, 0.6) is 0 Å². The van der Waals surface area contributed by atoms with Crippen molar-refractivity contribution in [3.8, 4) is 0 Å². The third-order valence-corrected chi connectivity index (χ3v) is 4.25. The molecule has 88 valence electrons. The maximum absolute atomic E-state index is 10.7. The molecule has 1 aliphatic rings. The van der Waals surface area contributed by atoms with Gasteiger partial charge in [0, 0.05) is 6.42 Å². The van der Waals surface area contributed by atoms with E-state index in [1.54, 1.807) is 0 Å². The Morgan fingerprint density at radius 3 is 2.47 bits per heavy atom. The lowest BCUT2D eigenvalue weighted by molar-refractivity contribution is -0.143. The standard InChI is InChI=1S/C13H24O2/c1-4-5-6-7-10-8-11(9-12(14)15)13(10,2)3/h10-11H,4-9H2,1-3H3,(H,14,15). The topological polar surface area (TPSA) is 37.3 Å². The van der Waals surface area contributed by atoms with E-state index < -0.39 is 5.97 Å². The summed E-state index contributed by atoms with van der Waals surface area (Å²) in [5.74, 6) is 0.523. The Hall–Kier alpha value is -0.530. The third kappa shape index (κ3) is 2.96. The number of unbranched alkanes of at least 4 members (excludes halogenated alkanes) is 2. The van der Waals surface area contributed by atoms with Crippen molar-refractivity contribution < 1.29 is 9.90 Å². The second-order valence-electron chi connectivity index (χ2n) is 5.54. The SMILES string of the molecule is CCCCCC1CC(CC(=O)O)C1(C)C. The first-order chi connectivity index (χ1) is 6.98. The van der Waals surface area contributed by atoms with Crippen molar-refractivity contribution in [2.45, 2.75) is 59.3 Å². The van der Waals surface area contributed by atoms with Crippen LogP contribution in [0.15, 0.2) is 0 Å². The molecule has 0 aliphatic heterocycles. The molecule has 2 unspecified atom stereocenters. The van der Waals surface area contributed by atoms with Crippen LogP contribution in [0, 0.1) is 17.3 Å². The van der Waals surface area contributed by atoms with Gasteiger partial charge in [-0.2, -0.15) is 0 Å². The Kier molecular flexibility index (Phi) is 4.18. The van der Waals surface area contributed by atoms with Gasteiger partial charge in [-0.3, -0.25) is 4.79 Å². The normalized spacial score (nSPS) is 28.5. The van der Waals surface area contributed by atoms with E-state index in [4.69, 9.17) is 5.11 Å². The van der Waals surface area contributed by atoms with Crippen molar-refractivity contribution in [3.63, 3.8) is 0 Å². The summed E-state index contributed by atoms with van der Waals surface area (Å²) in [5, 5.41) is 8.78. The average molecular weight is 212 g/mol. The average Bonchev–Trinajstić information content (AvgIpc) is 2.15. The van der Waals surface area contributed by atoms with Gasteiger partial charge in [-0.05, 0) is 30.1 Å².